The first-order valence-electron chi connectivity index (χ1n) is 11.6. The molecule has 1 aliphatic heterocycles. The van der Waals surface area contributed by atoms with E-state index in [9.17, 15) is 4.79 Å². The molecule has 1 amide bonds. The Labute approximate surface area is 208 Å². The Bertz CT molecular complexity index is 1070. The number of benzene rings is 1. The second kappa shape index (κ2) is 9.83. The predicted octanol–water partition coefficient (Wildman–Crippen LogP) is 6.94. The zero-order valence-corrected chi connectivity index (χ0v) is 23.2. The second-order valence-electron chi connectivity index (χ2n) is 11.2. The number of carbonyl (C=O) groups is 1. The van der Waals surface area contributed by atoms with E-state index < -0.39 is 13.9 Å². The van der Waals surface area contributed by atoms with Crippen LogP contribution in [0.3, 0.4) is 0 Å². The van der Waals surface area contributed by atoms with E-state index in [0.717, 1.165) is 16.7 Å². The van der Waals surface area contributed by atoms with Gasteiger partial charge in [0.25, 0.3) is 0 Å². The zero-order chi connectivity index (χ0) is 25.3. The minimum Gasteiger partial charge on any atom is -0.444 e. The topological polar surface area (TPSA) is 77.7 Å². The van der Waals surface area contributed by atoms with E-state index in [0.29, 0.717) is 42.9 Å². The van der Waals surface area contributed by atoms with Gasteiger partial charge in [-0.15, -0.1) is 10.2 Å². The summed E-state index contributed by atoms with van der Waals surface area (Å²) in [6, 6.07) is 5.72. The normalized spacial score (nSPS) is 15.3. The van der Waals surface area contributed by atoms with Crippen LogP contribution in [-0.4, -0.2) is 48.2 Å². The van der Waals surface area contributed by atoms with Gasteiger partial charge >= 0.3 is 6.09 Å². The van der Waals surface area contributed by atoms with Crippen LogP contribution < -0.4 is 0 Å². The van der Waals surface area contributed by atoms with Gasteiger partial charge in [-0.3, -0.25) is 0 Å². The van der Waals surface area contributed by atoms with Gasteiger partial charge in [-0.1, -0.05) is 44.5 Å². The van der Waals surface area contributed by atoms with Gasteiger partial charge in [-0.2, -0.15) is 0 Å². The highest BCUT2D eigenvalue weighted by molar-refractivity contribution is 6.74. The first kappa shape index (κ1) is 26.4. The van der Waals surface area contributed by atoms with Gasteiger partial charge in [0, 0.05) is 23.7 Å². The van der Waals surface area contributed by atoms with Crippen LogP contribution in [-0.2, 0) is 15.8 Å². The van der Waals surface area contributed by atoms with E-state index in [2.05, 4.69) is 44.1 Å². The quantitative estimate of drug-likeness (QED) is 0.409. The van der Waals surface area contributed by atoms with Gasteiger partial charge < -0.3 is 18.5 Å². The van der Waals surface area contributed by atoms with Crippen molar-refractivity contribution in [2.75, 3.05) is 13.1 Å². The van der Waals surface area contributed by atoms with Crippen molar-refractivity contribution in [2.45, 2.75) is 78.3 Å². The van der Waals surface area contributed by atoms with Crippen LogP contribution in [0.5, 0.6) is 0 Å². The maximum absolute atomic E-state index is 12.3. The van der Waals surface area contributed by atoms with Gasteiger partial charge in [-0.05, 0) is 68.6 Å². The van der Waals surface area contributed by atoms with Crippen LogP contribution >= 0.6 is 11.6 Å². The molecule has 0 radical (unpaired) electrons. The SMILES string of the molecule is CC(C)(C)OC(=O)N1CC=C(c2ccc(-c3nnc(CO[Si](C)(C)C(C)(C)C)o3)cc2Cl)CC1. The van der Waals surface area contributed by atoms with E-state index in [-0.39, 0.29) is 11.1 Å². The molecule has 3 rings (SSSR count). The summed E-state index contributed by atoms with van der Waals surface area (Å²) in [4.78, 5) is 14.0. The minimum absolute atomic E-state index is 0.108. The number of amides is 1. The molecule has 186 valence electrons. The summed E-state index contributed by atoms with van der Waals surface area (Å²) >= 11 is 6.62. The largest absolute Gasteiger partial charge is 0.444 e. The smallest absolute Gasteiger partial charge is 0.410 e. The highest BCUT2D eigenvalue weighted by Crippen LogP contribution is 2.37. The Morgan fingerprint density at radius 1 is 1.18 bits per heavy atom. The summed E-state index contributed by atoms with van der Waals surface area (Å²) < 4.78 is 17.5. The Hall–Kier alpha value is -2.16. The number of carbonyl (C=O) groups excluding carboxylic acids is 1. The number of nitrogens with zero attached hydrogens (tertiary/aromatic N) is 3. The third kappa shape index (κ3) is 6.49. The summed E-state index contributed by atoms with van der Waals surface area (Å²) in [6.45, 7) is 17.9. The fraction of sp³-hybridized carbons (Fsp3) is 0.560. The van der Waals surface area contributed by atoms with E-state index in [1.807, 2.05) is 45.0 Å². The van der Waals surface area contributed by atoms with Crippen LogP contribution in [0.1, 0.15) is 59.4 Å². The average molecular weight is 506 g/mol. The molecule has 2 heterocycles. The fourth-order valence-corrected chi connectivity index (χ4v) is 4.42. The Kier molecular flexibility index (Phi) is 7.65. The number of halogens is 1. The molecule has 1 aromatic carbocycles. The fourth-order valence-electron chi connectivity index (χ4n) is 3.20. The first-order chi connectivity index (χ1) is 15.7. The number of aromatic nitrogens is 2. The van der Waals surface area contributed by atoms with Crippen LogP contribution in [0, 0.1) is 0 Å². The lowest BCUT2D eigenvalue weighted by Gasteiger charge is -2.35. The number of hydrogen-bond donors (Lipinski definition) is 0. The maximum Gasteiger partial charge on any atom is 0.410 e. The molecule has 0 saturated heterocycles. The number of ether oxygens (including phenoxy) is 1. The second-order valence-corrected chi connectivity index (χ2v) is 16.4. The van der Waals surface area contributed by atoms with Gasteiger partial charge in [-0.25, -0.2) is 4.79 Å². The molecule has 1 aromatic heterocycles. The molecular weight excluding hydrogens is 470 g/mol. The Balaban J connectivity index is 1.67. The van der Waals surface area contributed by atoms with Gasteiger partial charge in [0.15, 0.2) is 8.32 Å². The molecule has 0 atom stereocenters. The lowest BCUT2D eigenvalue weighted by Crippen LogP contribution is -2.40. The summed E-state index contributed by atoms with van der Waals surface area (Å²) in [5, 5.41) is 9.04. The Morgan fingerprint density at radius 2 is 1.88 bits per heavy atom. The summed E-state index contributed by atoms with van der Waals surface area (Å²) in [6.07, 6.45) is 2.43. The zero-order valence-electron chi connectivity index (χ0n) is 21.5. The maximum atomic E-state index is 12.3. The summed E-state index contributed by atoms with van der Waals surface area (Å²) in [5.74, 6) is 0.869. The lowest BCUT2D eigenvalue weighted by atomic mass is 9.98. The Morgan fingerprint density at radius 3 is 2.44 bits per heavy atom. The summed E-state index contributed by atoms with van der Waals surface area (Å²) in [5.41, 5.74) is 2.29. The number of hydrogen-bond acceptors (Lipinski definition) is 6. The van der Waals surface area contributed by atoms with Gasteiger partial charge in [0.1, 0.15) is 12.2 Å². The molecule has 0 N–H and O–H groups in total. The lowest BCUT2D eigenvalue weighted by molar-refractivity contribution is 0.0270. The van der Waals surface area contributed by atoms with Crippen molar-refractivity contribution >= 4 is 31.6 Å². The van der Waals surface area contributed by atoms with Gasteiger partial charge in [0.2, 0.25) is 11.8 Å². The van der Waals surface area contributed by atoms with Crippen LogP contribution in [0.15, 0.2) is 28.7 Å². The van der Waals surface area contributed by atoms with Crippen molar-refractivity contribution in [3.05, 3.63) is 40.8 Å². The monoisotopic (exact) mass is 505 g/mol. The molecule has 1 aliphatic rings. The molecule has 9 heteroatoms. The molecule has 0 spiro atoms. The van der Waals surface area contributed by atoms with Crippen molar-refractivity contribution in [1.82, 2.24) is 15.1 Å². The third-order valence-corrected chi connectivity index (χ3v) is 11.0. The third-order valence-electron chi connectivity index (χ3n) is 6.25. The summed E-state index contributed by atoms with van der Waals surface area (Å²) in [7, 11) is -1.91. The molecule has 0 bridgehead atoms. The van der Waals surface area contributed by atoms with E-state index >= 15 is 0 Å². The molecule has 0 saturated carbocycles. The average Bonchev–Trinajstić information content (AvgIpc) is 3.19. The molecule has 2 aromatic rings. The van der Waals surface area contributed by atoms with Crippen molar-refractivity contribution in [3.63, 3.8) is 0 Å². The molecular formula is C25H36ClN3O4Si. The van der Waals surface area contributed by atoms with Crippen molar-refractivity contribution < 1.29 is 18.4 Å². The highest BCUT2D eigenvalue weighted by atomic mass is 35.5. The predicted molar refractivity (Wildman–Crippen MR) is 137 cm³/mol. The van der Waals surface area contributed by atoms with E-state index in [1.54, 1.807) is 4.90 Å². The molecule has 34 heavy (non-hydrogen) atoms. The van der Waals surface area contributed by atoms with Crippen molar-refractivity contribution in [1.29, 1.82) is 0 Å². The van der Waals surface area contributed by atoms with E-state index in [4.69, 9.17) is 25.2 Å². The van der Waals surface area contributed by atoms with Crippen LogP contribution in [0.2, 0.25) is 23.2 Å². The first-order valence-corrected chi connectivity index (χ1v) is 14.9. The van der Waals surface area contributed by atoms with Crippen LogP contribution in [0.4, 0.5) is 4.79 Å². The molecule has 7 nitrogen and oxygen atoms in total. The standard InChI is InChI=1S/C25H36ClN3O4Si/c1-24(2,3)33-23(30)29-13-11-17(12-14-29)19-10-9-18(15-20(19)26)22-28-27-21(32-22)16-31-34(7,8)25(4,5)6/h9-11,15H,12-14,16H2,1-8H3. The molecule has 0 unspecified atom stereocenters. The van der Waals surface area contributed by atoms with Crippen molar-refractivity contribution in [2.24, 2.45) is 0 Å². The van der Waals surface area contributed by atoms with Crippen LogP contribution in [0.25, 0.3) is 17.0 Å². The highest BCUT2D eigenvalue weighted by Gasteiger charge is 2.37. The van der Waals surface area contributed by atoms with Gasteiger partial charge in [0.05, 0.1) is 0 Å². The van der Waals surface area contributed by atoms with E-state index in [1.165, 1.54) is 0 Å². The molecule has 0 fully saturated rings. The molecule has 0 aliphatic carbocycles. The minimum atomic E-state index is -1.91. The van der Waals surface area contributed by atoms with Crippen molar-refractivity contribution in [3.8, 4) is 11.5 Å². The number of rotatable bonds is 5.